The van der Waals surface area contributed by atoms with E-state index in [0.29, 0.717) is 28.6 Å². The molecule has 130 valence electrons. The highest BCUT2D eigenvalue weighted by Crippen LogP contribution is 2.20. The van der Waals surface area contributed by atoms with Crippen LogP contribution < -0.4 is 5.32 Å². The van der Waals surface area contributed by atoms with E-state index >= 15 is 0 Å². The highest BCUT2D eigenvalue weighted by molar-refractivity contribution is 7.99. The van der Waals surface area contributed by atoms with Gasteiger partial charge in [-0.05, 0) is 17.7 Å². The number of carbonyl (C=O) groups is 1. The van der Waals surface area contributed by atoms with Crippen molar-refractivity contribution in [1.82, 2.24) is 15.2 Å². The SMILES string of the molecule is O=C(CSc1nnc(Cc2ccccc2)o1)Nc1nc2ccccc2o1. The third kappa shape index (κ3) is 3.92. The molecule has 0 bridgehead atoms. The average molecular weight is 366 g/mol. The highest BCUT2D eigenvalue weighted by atomic mass is 32.2. The zero-order valence-corrected chi connectivity index (χ0v) is 14.4. The molecule has 0 radical (unpaired) electrons. The van der Waals surface area contributed by atoms with E-state index in [9.17, 15) is 4.79 Å². The molecule has 0 unspecified atom stereocenters. The van der Waals surface area contributed by atoms with E-state index in [2.05, 4.69) is 20.5 Å². The summed E-state index contributed by atoms with van der Waals surface area (Å²) < 4.78 is 11.0. The number of thioether (sulfide) groups is 1. The largest absolute Gasteiger partial charge is 0.423 e. The number of rotatable bonds is 6. The van der Waals surface area contributed by atoms with Gasteiger partial charge >= 0.3 is 6.01 Å². The van der Waals surface area contributed by atoms with E-state index in [-0.39, 0.29) is 17.7 Å². The van der Waals surface area contributed by atoms with Crippen molar-refractivity contribution in [1.29, 1.82) is 0 Å². The Hall–Kier alpha value is -3.13. The molecule has 7 nitrogen and oxygen atoms in total. The van der Waals surface area contributed by atoms with Gasteiger partial charge in [0.05, 0.1) is 12.2 Å². The van der Waals surface area contributed by atoms with Crippen LogP contribution in [0.5, 0.6) is 0 Å². The Bertz CT molecular complexity index is 996. The average Bonchev–Trinajstić information content (AvgIpc) is 3.27. The van der Waals surface area contributed by atoms with Crippen molar-refractivity contribution in [2.24, 2.45) is 0 Å². The van der Waals surface area contributed by atoms with Gasteiger partial charge < -0.3 is 8.83 Å². The first-order valence-electron chi connectivity index (χ1n) is 7.91. The number of fused-ring (bicyclic) bond motifs is 1. The van der Waals surface area contributed by atoms with E-state index in [0.717, 1.165) is 17.3 Å². The highest BCUT2D eigenvalue weighted by Gasteiger charge is 2.13. The van der Waals surface area contributed by atoms with Crippen LogP contribution in [-0.2, 0) is 11.2 Å². The third-order valence-electron chi connectivity index (χ3n) is 3.51. The van der Waals surface area contributed by atoms with Gasteiger partial charge in [-0.15, -0.1) is 10.2 Å². The summed E-state index contributed by atoms with van der Waals surface area (Å²) in [6.45, 7) is 0. The van der Waals surface area contributed by atoms with Crippen molar-refractivity contribution in [3.8, 4) is 0 Å². The van der Waals surface area contributed by atoms with Gasteiger partial charge in [0.1, 0.15) is 5.52 Å². The van der Waals surface area contributed by atoms with Crippen LogP contribution in [0.3, 0.4) is 0 Å². The number of nitrogens with zero attached hydrogens (tertiary/aromatic N) is 3. The second kappa shape index (κ2) is 7.40. The summed E-state index contributed by atoms with van der Waals surface area (Å²) in [6, 6.07) is 17.3. The van der Waals surface area contributed by atoms with Gasteiger partial charge in [-0.2, -0.15) is 4.98 Å². The molecule has 0 aliphatic rings. The Labute approximate surface area is 152 Å². The number of para-hydroxylation sites is 2. The van der Waals surface area contributed by atoms with Crippen LogP contribution in [0, 0.1) is 0 Å². The number of oxazole rings is 1. The Morgan fingerprint density at radius 2 is 1.81 bits per heavy atom. The lowest BCUT2D eigenvalue weighted by atomic mass is 10.2. The molecule has 4 rings (SSSR count). The molecule has 4 aromatic rings. The predicted octanol–water partition coefficient (Wildman–Crippen LogP) is 3.53. The van der Waals surface area contributed by atoms with E-state index < -0.39 is 0 Å². The molecule has 1 amide bonds. The zero-order valence-electron chi connectivity index (χ0n) is 13.6. The topological polar surface area (TPSA) is 94.0 Å². The minimum Gasteiger partial charge on any atom is -0.423 e. The third-order valence-corrected chi connectivity index (χ3v) is 4.33. The number of hydrogen-bond donors (Lipinski definition) is 1. The minimum absolute atomic E-state index is 0.117. The lowest BCUT2D eigenvalue weighted by molar-refractivity contribution is -0.113. The molecule has 2 aromatic heterocycles. The van der Waals surface area contributed by atoms with E-state index in [1.165, 1.54) is 0 Å². The summed E-state index contributed by atoms with van der Waals surface area (Å²) in [5, 5.41) is 10.9. The first-order chi connectivity index (χ1) is 12.8. The number of hydrogen-bond acceptors (Lipinski definition) is 7. The maximum absolute atomic E-state index is 12.0. The summed E-state index contributed by atoms with van der Waals surface area (Å²) >= 11 is 1.16. The molecule has 0 aliphatic carbocycles. The lowest BCUT2D eigenvalue weighted by Crippen LogP contribution is -2.14. The maximum atomic E-state index is 12.0. The number of aromatic nitrogens is 3. The van der Waals surface area contributed by atoms with Crippen molar-refractivity contribution in [2.75, 3.05) is 11.1 Å². The van der Waals surface area contributed by atoms with Crippen LogP contribution in [0.15, 0.2) is 68.7 Å². The summed E-state index contributed by atoms with van der Waals surface area (Å²) in [5.41, 5.74) is 2.40. The summed E-state index contributed by atoms with van der Waals surface area (Å²) in [6.07, 6.45) is 0.559. The van der Waals surface area contributed by atoms with Crippen LogP contribution in [0.2, 0.25) is 0 Å². The predicted molar refractivity (Wildman–Crippen MR) is 96.9 cm³/mol. The van der Waals surface area contributed by atoms with Gasteiger partial charge in [-0.3, -0.25) is 10.1 Å². The molecule has 0 spiro atoms. The molecule has 2 aromatic carbocycles. The fraction of sp³-hybridized carbons (Fsp3) is 0.111. The quantitative estimate of drug-likeness (QED) is 0.522. The molecular weight excluding hydrogens is 352 g/mol. The van der Waals surface area contributed by atoms with Crippen LogP contribution in [-0.4, -0.2) is 26.8 Å². The van der Waals surface area contributed by atoms with Gasteiger partial charge in [0.25, 0.3) is 5.22 Å². The first-order valence-corrected chi connectivity index (χ1v) is 8.89. The molecule has 0 saturated heterocycles. The van der Waals surface area contributed by atoms with Gasteiger partial charge in [-0.25, -0.2) is 0 Å². The van der Waals surface area contributed by atoms with Crippen molar-refractivity contribution < 1.29 is 13.6 Å². The van der Waals surface area contributed by atoms with E-state index in [1.54, 1.807) is 6.07 Å². The van der Waals surface area contributed by atoms with Crippen LogP contribution in [0.4, 0.5) is 6.01 Å². The van der Waals surface area contributed by atoms with Gasteiger partial charge in [-0.1, -0.05) is 54.2 Å². The first kappa shape index (κ1) is 16.3. The second-order valence-electron chi connectivity index (χ2n) is 5.45. The van der Waals surface area contributed by atoms with Crippen molar-refractivity contribution in [2.45, 2.75) is 11.6 Å². The maximum Gasteiger partial charge on any atom is 0.302 e. The summed E-state index contributed by atoms with van der Waals surface area (Å²) in [7, 11) is 0. The minimum atomic E-state index is -0.260. The smallest absolute Gasteiger partial charge is 0.302 e. The number of nitrogens with one attached hydrogen (secondary N) is 1. The van der Waals surface area contributed by atoms with Crippen LogP contribution in [0.1, 0.15) is 11.5 Å². The standard InChI is InChI=1S/C18H14N4O3S/c23-15(20-17-19-13-8-4-5-9-14(13)24-17)11-26-18-22-21-16(25-18)10-12-6-2-1-3-7-12/h1-9H,10-11H2,(H,19,20,23). The number of anilines is 1. The molecular formula is C18H14N4O3S. The van der Waals surface area contributed by atoms with Crippen LogP contribution >= 0.6 is 11.8 Å². The molecule has 0 aliphatic heterocycles. The van der Waals surface area contributed by atoms with E-state index in [1.807, 2.05) is 48.5 Å². The Morgan fingerprint density at radius 3 is 2.65 bits per heavy atom. The molecule has 8 heteroatoms. The molecule has 2 heterocycles. The fourth-order valence-electron chi connectivity index (χ4n) is 2.35. The second-order valence-corrected chi connectivity index (χ2v) is 6.37. The summed E-state index contributed by atoms with van der Waals surface area (Å²) in [5.74, 6) is 0.369. The monoisotopic (exact) mass is 366 g/mol. The van der Waals surface area contributed by atoms with E-state index in [4.69, 9.17) is 8.83 Å². The molecule has 0 atom stereocenters. The molecule has 26 heavy (non-hydrogen) atoms. The molecule has 1 N–H and O–H groups in total. The normalized spacial score (nSPS) is 10.9. The Balaban J connectivity index is 1.31. The van der Waals surface area contributed by atoms with Gasteiger partial charge in [0.2, 0.25) is 11.8 Å². The summed E-state index contributed by atoms with van der Waals surface area (Å²) in [4.78, 5) is 16.2. The van der Waals surface area contributed by atoms with Gasteiger partial charge in [0.15, 0.2) is 5.58 Å². The Kier molecular flexibility index (Phi) is 4.65. The molecule has 0 saturated carbocycles. The zero-order chi connectivity index (χ0) is 17.8. The number of amides is 1. The Morgan fingerprint density at radius 1 is 1.00 bits per heavy atom. The van der Waals surface area contributed by atoms with Crippen molar-refractivity contribution in [3.63, 3.8) is 0 Å². The number of benzene rings is 2. The lowest BCUT2D eigenvalue weighted by Gasteiger charge is -1.98. The molecule has 0 fully saturated rings. The van der Waals surface area contributed by atoms with Crippen LogP contribution in [0.25, 0.3) is 11.1 Å². The van der Waals surface area contributed by atoms with Crippen molar-refractivity contribution in [3.05, 3.63) is 66.1 Å². The van der Waals surface area contributed by atoms with Crippen molar-refractivity contribution >= 4 is 34.8 Å². The van der Waals surface area contributed by atoms with Gasteiger partial charge in [0, 0.05) is 0 Å². The fourth-order valence-corrected chi connectivity index (χ4v) is 2.93. The number of carbonyl (C=O) groups excluding carboxylic acids is 1.